The highest BCUT2D eigenvalue weighted by atomic mass is 32.1. The van der Waals surface area contributed by atoms with E-state index < -0.39 is 0 Å². The molecule has 0 aliphatic carbocycles. The Morgan fingerprint density at radius 1 is 1.25 bits per heavy atom. The third kappa shape index (κ3) is 2.38. The zero-order chi connectivity index (χ0) is 9.14. The molecule has 0 radical (unpaired) electrons. The number of rotatable bonds is 1. The second-order valence-electron chi connectivity index (χ2n) is 3.43. The van der Waals surface area contributed by atoms with Crippen molar-refractivity contribution in [2.75, 3.05) is 26.2 Å². The molecule has 0 spiro atoms. The summed E-state index contributed by atoms with van der Waals surface area (Å²) in [5, 5.41) is 0. The Labute approximate surface area is 79.3 Å². The van der Waals surface area contributed by atoms with Gasteiger partial charge < -0.3 is 4.90 Å². The highest BCUT2D eigenvalue weighted by Crippen LogP contribution is 2.07. The summed E-state index contributed by atoms with van der Waals surface area (Å²) in [5.41, 5.74) is 0. The van der Waals surface area contributed by atoms with Gasteiger partial charge >= 0.3 is 0 Å². The molecule has 12 heavy (non-hydrogen) atoms. The molecule has 0 aromatic rings. The summed E-state index contributed by atoms with van der Waals surface area (Å²) in [6.45, 7) is 7.27. The maximum absolute atomic E-state index is 11.5. The maximum Gasteiger partial charge on any atom is 0.225 e. The number of carbonyl (C=O) groups excluding carboxylic acids is 1. The largest absolute Gasteiger partial charge is 0.340 e. The molecule has 0 bridgehead atoms. The number of amides is 1. The van der Waals surface area contributed by atoms with Gasteiger partial charge in [0.2, 0.25) is 5.91 Å². The average molecular weight is 188 g/mol. The van der Waals surface area contributed by atoms with Crippen LogP contribution in [0.3, 0.4) is 0 Å². The zero-order valence-electron chi connectivity index (χ0n) is 7.66. The van der Waals surface area contributed by atoms with Crippen molar-refractivity contribution in [3.05, 3.63) is 0 Å². The molecule has 1 aliphatic rings. The van der Waals surface area contributed by atoms with Crippen molar-refractivity contribution >= 4 is 18.7 Å². The summed E-state index contributed by atoms with van der Waals surface area (Å²) in [4.78, 5) is 13.4. The first-order valence-corrected chi connectivity index (χ1v) is 4.74. The SMILES string of the molecule is CC(C)C(=O)N1CCN(S)CC1. The Morgan fingerprint density at radius 2 is 1.75 bits per heavy atom. The van der Waals surface area contributed by atoms with Gasteiger partial charge in [-0.2, -0.15) is 0 Å². The van der Waals surface area contributed by atoms with Gasteiger partial charge in [-0.05, 0) is 0 Å². The number of nitrogens with zero attached hydrogens (tertiary/aromatic N) is 2. The maximum atomic E-state index is 11.5. The van der Waals surface area contributed by atoms with E-state index in [4.69, 9.17) is 0 Å². The molecule has 0 N–H and O–H groups in total. The van der Waals surface area contributed by atoms with Crippen LogP contribution in [-0.2, 0) is 4.79 Å². The number of hydrogen-bond acceptors (Lipinski definition) is 3. The highest BCUT2D eigenvalue weighted by molar-refractivity contribution is 7.77. The molecule has 0 atom stereocenters. The van der Waals surface area contributed by atoms with Gasteiger partial charge in [-0.25, -0.2) is 4.31 Å². The molecule has 1 saturated heterocycles. The summed E-state index contributed by atoms with van der Waals surface area (Å²) in [6.07, 6.45) is 0. The molecular weight excluding hydrogens is 172 g/mol. The van der Waals surface area contributed by atoms with Gasteiger partial charge in [0.25, 0.3) is 0 Å². The number of piperazine rings is 1. The molecule has 0 aromatic carbocycles. The first-order chi connectivity index (χ1) is 5.61. The molecule has 70 valence electrons. The van der Waals surface area contributed by atoms with Crippen LogP contribution >= 0.6 is 12.8 Å². The molecule has 4 heteroatoms. The van der Waals surface area contributed by atoms with Crippen molar-refractivity contribution in [2.24, 2.45) is 5.92 Å². The second-order valence-corrected chi connectivity index (χ2v) is 4.00. The Morgan fingerprint density at radius 3 is 2.17 bits per heavy atom. The fourth-order valence-corrected chi connectivity index (χ4v) is 1.46. The molecule has 3 nitrogen and oxygen atoms in total. The summed E-state index contributed by atoms with van der Waals surface area (Å²) >= 11 is 4.22. The van der Waals surface area contributed by atoms with Crippen molar-refractivity contribution in [2.45, 2.75) is 13.8 Å². The van der Waals surface area contributed by atoms with E-state index in [-0.39, 0.29) is 11.8 Å². The van der Waals surface area contributed by atoms with Crippen LogP contribution in [-0.4, -0.2) is 41.3 Å². The van der Waals surface area contributed by atoms with E-state index in [0.29, 0.717) is 0 Å². The lowest BCUT2D eigenvalue weighted by Gasteiger charge is -2.32. The van der Waals surface area contributed by atoms with E-state index in [1.165, 1.54) is 0 Å². The van der Waals surface area contributed by atoms with Crippen molar-refractivity contribution in [3.63, 3.8) is 0 Å². The molecule has 1 rings (SSSR count). The van der Waals surface area contributed by atoms with Crippen molar-refractivity contribution in [1.82, 2.24) is 9.21 Å². The molecule has 1 heterocycles. The summed E-state index contributed by atoms with van der Waals surface area (Å²) in [6, 6.07) is 0. The number of hydrogen-bond donors (Lipinski definition) is 1. The van der Waals surface area contributed by atoms with Crippen LogP contribution in [0.25, 0.3) is 0 Å². The van der Waals surface area contributed by atoms with Gasteiger partial charge in [0.1, 0.15) is 0 Å². The summed E-state index contributed by atoms with van der Waals surface area (Å²) in [5.74, 6) is 0.382. The van der Waals surface area contributed by atoms with Gasteiger partial charge in [0.15, 0.2) is 0 Å². The van der Waals surface area contributed by atoms with Gasteiger partial charge in [0.05, 0.1) is 0 Å². The van der Waals surface area contributed by atoms with E-state index in [2.05, 4.69) is 12.8 Å². The van der Waals surface area contributed by atoms with Crippen LogP contribution in [0.5, 0.6) is 0 Å². The van der Waals surface area contributed by atoms with E-state index in [9.17, 15) is 4.79 Å². The normalized spacial score (nSPS) is 20.2. The molecular formula is C8H16N2OS. The van der Waals surface area contributed by atoms with Gasteiger partial charge in [0, 0.05) is 32.1 Å². The van der Waals surface area contributed by atoms with Crippen molar-refractivity contribution in [1.29, 1.82) is 0 Å². The average Bonchev–Trinajstić information content (AvgIpc) is 2.04. The third-order valence-electron chi connectivity index (χ3n) is 2.06. The molecule has 0 aromatic heterocycles. The lowest BCUT2D eigenvalue weighted by Crippen LogP contribution is -2.46. The molecule has 1 aliphatic heterocycles. The Bertz CT molecular complexity index is 164. The smallest absolute Gasteiger partial charge is 0.225 e. The fourth-order valence-electron chi connectivity index (χ4n) is 1.28. The van der Waals surface area contributed by atoms with E-state index in [0.717, 1.165) is 26.2 Å². The lowest BCUT2D eigenvalue weighted by molar-refractivity contribution is -0.135. The first-order valence-electron chi connectivity index (χ1n) is 4.34. The van der Waals surface area contributed by atoms with E-state index in [1.807, 2.05) is 23.1 Å². The molecule has 1 fully saturated rings. The second kappa shape index (κ2) is 4.14. The van der Waals surface area contributed by atoms with E-state index >= 15 is 0 Å². The van der Waals surface area contributed by atoms with Gasteiger partial charge in [-0.3, -0.25) is 4.79 Å². The third-order valence-corrected chi connectivity index (χ3v) is 2.46. The van der Waals surface area contributed by atoms with Crippen molar-refractivity contribution in [3.8, 4) is 0 Å². The minimum Gasteiger partial charge on any atom is -0.340 e. The topological polar surface area (TPSA) is 23.6 Å². The van der Waals surface area contributed by atoms with Crippen molar-refractivity contribution < 1.29 is 4.79 Å². The molecule has 0 saturated carbocycles. The number of carbonyl (C=O) groups is 1. The first kappa shape index (κ1) is 9.86. The number of thiol groups is 1. The molecule has 1 amide bonds. The summed E-state index contributed by atoms with van der Waals surface area (Å²) in [7, 11) is 0. The standard InChI is InChI=1S/C8H16N2OS/c1-7(2)8(11)9-3-5-10(12)6-4-9/h7,12H,3-6H2,1-2H3. The van der Waals surface area contributed by atoms with Crippen LogP contribution in [0.2, 0.25) is 0 Å². The van der Waals surface area contributed by atoms with Crippen LogP contribution < -0.4 is 0 Å². The van der Waals surface area contributed by atoms with E-state index in [1.54, 1.807) is 0 Å². The molecule has 0 unspecified atom stereocenters. The predicted molar refractivity (Wildman–Crippen MR) is 52.0 cm³/mol. The predicted octanol–water partition coefficient (Wildman–Crippen LogP) is 0.631. The van der Waals surface area contributed by atoms with Gasteiger partial charge in [-0.1, -0.05) is 26.7 Å². The minimum atomic E-state index is 0.122. The quantitative estimate of drug-likeness (QED) is 0.610. The lowest BCUT2D eigenvalue weighted by atomic mass is 10.2. The van der Waals surface area contributed by atoms with Gasteiger partial charge in [-0.15, -0.1) is 0 Å². The zero-order valence-corrected chi connectivity index (χ0v) is 8.55. The Balaban J connectivity index is 2.39. The van der Waals surface area contributed by atoms with Crippen LogP contribution in [0.1, 0.15) is 13.8 Å². The Kier molecular flexibility index (Phi) is 3.40. The monoisotopic (exact) mass is 188 g/mol. The van der Waals surface area contributed by atoms with Crippen LogP contribution in [0.15, 0.2) is 0 Å². The highest BCUT2D eigenvalue weighted by Gasteiger charge is 2.20. The van der Waals surface area contributed by atoms with Crippen LogP contribution in [0, 0.1) is 5.92 Å². The summed E-state index contributed by atoms with van der Waals surface area (Å²) < 4.78 is 1.95. The Hall–Kier alpha value is -0.220. The fraction of sp³-hybridized carbons (Fsp3) is 0.875. The van der Waals surface area contributed by atoms with Crippen LogP contribution in [0.4, 0.5) is 0 Å². The minimum absolute atomic E-state index is 0.122.